The van der Waals surface area contributed by atoms with Gasteiger partial charge in [0.05, 0.1) is 0 Å². The van der Waals surface area contributed by atoms with Crippen molar-refractivity contribution in [2.75, 3.05) is 5.32 Å². The Labute approximate surface area is 112 Å². The van der Waals surface area contributed by atoms with Gasteiger partial charge < -0.3 is 10.4 Å². The van der Waals surface area contributed by atoms with Gasteiger partial charge in [0, 0.05) is 17.7 Å². The Balaban J connectivity index is 2.05. The van der Waals surface area contributed by atoms with Crippen LogP contribution in [0.15, 0.2) is 24.3 Å². The minimum Gasteiger partial charge on any atom is -0.478 e. The number of carbonyl (C=O) groups is 2. The fraction of sp³-hybridized carbons (Fsp3) is 0.333. The van der Waals surface area contributed by atoms with Gasteiger partial charge in [-0.15, -0.1) is 0 Å². The van der Waals surface area contributed by atoms with Crippen molar-refractivity contribution in [1.29, 1.82) is 0 Å². The van der Waals surface area contributed by atoms with E-state index in [1.54, 1.807) is 12.1 Å². The van der Waals surface area contributed by atoms with Gasteiger partial charge in [-0.1, -0.05) is 12.5 Å². The summed E-state index contributed by atoms with van der Waals surface area (Å²) >= 11 is 0. The van der Waals surface area contributed by atoms with Crippen LogP contribution >= 0.6 is 0 Å². The highest BCUT2D eigenvalue weighted by molar-refractivity contribution is 5.93. The van der Waals surface area contributed by atoms with Gasteiger partial charge in [0.2, 0.25) is 5.91 Å². The van der Waals surface area contributed by atoms with Crippen molar-refractivity contribution in [1.82, 2.24) is 0 Å². The third-order valence-electron chi connectivity index (χ3n) is 3.42. The fourth-order valence-electron chi connectivity index (χ4n) is 2.02. The quantitative estimate of drug-likeness (QED) is 0.817. The molecular formula is C15H17NO3. The predicted molar refractivity (Wildman–Crippen MR) is 73.8 cm³/mol. The van der Waals surface area contributed by atoms with E-state index in [1.165, 1.54) is 0 Å². The molecule has 0 spiro atoms. The number of carboxylic acids is 1. The zero-order chi connectivity index (χ0) is 13.8. The van der Waals surface area contributed by atoms with E-state index in [1.807, 2.05) is 19.1 Å². The Hall–Kier alpha value is -2.10. The molecule has 4 heteroatoms. The molecule has 1 aliphatic rings. The maximum Gasteiger partial charge on any atom is 0.328 e. The molecule has 2 rings (SSSR count). The van der Waals surface area contributed by atoms with Crippen molar-refractivity contribution < 1.29 is 14.7 Å². The van der Waals surface area contributed by atoms with Crippen LogP contribution in [0.5, 0.6) is 0 Å². The summed E-state index contributed by atoms with van der Waals surface area (Å²) in [4.78, 5) is 22.3. The lowest BCUT2D eigenvalue weighted by molar-refractivity contribution is -0.131. The number of carbonyl (C=O) groups excluding carboxylic acids is 1. The molecule has 2 N–H and O–H groups in total. The lowest BCUT2D eigenvalue weighted by Crippen LogP contribution is -2.28. The van der Waals surface area contributed by atoms with Crippen LogP contribution in [0.3, 0.4) is 0 Å². The number of carboxylic acid groups (broad SMARTS) is 1. The van der Waals surface area contributed by atoms with Gasteiger partial charge in [-0.05, 0) is 49.1 Å². The number of hydrogen-bond donors (Lipinski definition) is 2. The Bertz CT molecular complexity index is 530. The summed E-state index contributed by atoms with van der Waals surface area (Å²) in [7, 11) is 0. The molecule has 100 valence electrons. The number of amides is 1. The largest absolute Gasteiger partial charge is 0.478 e. The van der Waals surface area contributed by atoms with Crippen molar-refractivity contribution in [3.05, 3.63) is 35.4 Å². The van der Waals surface area contributed by atoms with E-state index < -0.39 is 5.97 Å². The highest BCUT2D eigenvalue weighted by atomic mass is 16.4. The molecule has 0 unspecified atom stereocenters. The molecule has 1 amide bonds. The van der Waals surface area contributed by atoms with Gasteiger partial charge in [0.25, 0.3) is 0 Å². The van der Waals surface area contributed by atoms with Crippen molar-refractivity contribution >= 4 is 23.6 Å². The molecular weight excluding hydrogens is 242 g/mol. The minimum atomic E-state index is -0.971. The molecule has 1 fully saturated rings. The normalized spacial score (nSPS) is 15.2. The van der Waals surface area contributed by atoms with E-state index in [4.69, 9.17) is 5.11 Å². The van der Waals surface area contributed by atoms with E-state index >= 15 is 0 Å². The van der Waals surface area contributed by atoms with Crippen molar-refractivity contribution in [2.45, 2.75) is 26.2 Å². The number of anilines is 1. The van der Waals surface area contributed by atoms with E-state index in [0.717, 1.165) is 42.2 Å². The molecule has 0 saturated heterocycles. The molecule has 0 bridgehead atoms. The van der Waals surface area contributed by atoms with Crippen LogP contribution in [0, 0.1) is 12.8 Å². The number of nitrogens with one attached hydrogen (secondary N) is 1. The molecule has 1 aromatic rings. The summed E-state index contributed by atoms with van der Waals surface area (Å²) in [6, 6.07) is 5.47. The standard InChI is InChI=1S/C15H17NO3/c1-10-9-13(16-15(19)12-3-2-4-12)7-5-11(10)6-8-14(17)18/h5-9,12H,2-4H2,1H3,(H,16,19)(H,17,18)/b8-6+. The summed E-state index contributed by atoms with van der Waals surface area (Å²) in [5.41, 5.74) is 2.54. The van der Waals surface area contributed by atoms with Crippen molar-refractivity contribution in [3.8, 4) is 0 Å². The van der Waals surface area contributed by atoms with Gasteiger partial charge >= 0.3 is 5.97 Å². The Morgan fingerprint density at radius 2 is 2.11 bits per heavy atom. The first kappa shape index (κ1) is 13.3. The molecule has 0 aromatic heterocycles. The Morgan fingerprint density at radius 1 is 1.37 bits per heavy atom. The van der Waals surface area contributed by atoms with E-state index in [9.17, 15) is 9.59 Å². The van der Waals surface area contributed by atoms with Crippen LogP contribution in [-0.4, -0.2) is 17.0 Å². The molecule has 0 atom stereocenters. The van der Waals surface area contributed by atoms with Crippen LogP contribution in [-0.2, 0) is 9.59 Å². The van der Waals surface area contributed by atoms with Crippen LogP contribution in [0.2, 0.25) is 0 Å². The first-order valence-electron chi connectivity index (χ1n) is 6.39. The summed E-state index contributed by atoms with van der Waals surface area (Å²) < 4.78 is 0. The molecule has 0 radical (unpaired) electrons. The lowest BCUT2D eigenvalue weighted by atomic mass is 9.85. The SMILES string of the molecule is Cc1cc(NC(=O)C2CCC2)ccc1/C=C/C(=O)O. The van der Waals surface area contributed by atoms with Gasteiger partial charge in [0.15, 0.2) is 0 Å². The highest BCUT2D eigenvalue weighted by Gasteiger charge is 2.25. The molecule has 4 nitrogen and oxygen atoms in total. The maximum atomic E-state index is 11.8. The first-order chi connectivity index (χ1) is 9.06. The third kappa shape index (κ3) is 3.44. The molecule has 1 saturated carbocycles. The number of rotatable bonds is 4. The second-order valence-corrected chi connectivity index (χ2v) is 4.86. The number of aryl methyl sites for hydroxylation is 1. The summed E-state index contributed by atoms with van der Waals surface area (Å²) in [5, 5.41) is 11.5. The van der Waals surface area contributed by atoms with Gasteiger partial charge in [-0.3, -0.25) is 4.79 Å². The summed E-state index contributed by atoms with van der Waals surface area (Å²) in [6.07, 6.45) is 5.74. The zero-order valence-electron chi connectivity index (χ0n) is 10.8. The van der Waals surface area contributed by atoms with Crippen LogP contribution in [0.1, 0.15) is 30.4 Å². The van der Waals surface area contributed by atoms with Crippen LogP contribution in [0.4, 0.5) is 5.69 Å². The van der Waals surface area contributed by atoms with Gasteiger partial charge in [0.1, 0.15) is 0 Å². The van der Waals surface area contributed by atoms with E-state index in [0.29, 0.717) is 0 Å². The average molecular weight is 259 g/mol. The zero-order valence-corrected chi connectivity index (χ0v) is 10.8. The topological polar surface area (TPSA) is 66.4 Å². The number of benzene rings is 1. The summed E-state index contributed by atoms with van der Waals surface area (Å²) in [6.45, 7) is 1.89. The van der Waals surface area contributed by atoms with Gasteiger partial charge in [-0.2, -0.15) is 0 Å². The second-order valence-electron chi connectivity index (χ2n) is 4.86. The Kier molecular flexibility index (Phi) is 4.00. The first-order valence-corrected chi connectivity index (χ1v) is 6.39. The third-order valence-corrected chi connectivity index (χ3v) is 3.42. The van der Waals surface area contributed by atoms with Crippen LogP contribution in [0.25, 0.3) is 6.08 Å². The Morgan fingerprint density at radius 3 is 2.63 bits per heavy atom. The number of hydrogen-bond acceptors (Lipinski definition) is 2. The second kappa shape index (κ2) is 5.69. The maximum absolute atomic E-state index is 11.8. The lowest BCUT2D eigenvalue weighted by Gasteiger charge is -2.24. The molecule has 1 aliphatic carbocycles. The number of aliphatic carboxylic acids is 1. The average Bonchev–Trinajstić information content (AvgIpc) is 2.25. The highest BCUT2D eigenvalue weighted by Crippen LogP contribution is 2.28. The van der Waals surface area contributed by atoms with Crippen molar-refractivity contribution in [2.24, 2.45) is 5.92 Å². The predicted octanol–water partition coefficient (Wildman–Crippen LogP) is 2.83. The fourth-order valence-corrected chi connectivity index (χ4v) is 2.02. The van der Waals surface area contributed by atoms with Crippen LogP contribution < -0.4 is 5.32 Å². The summed E-state index contributed by atoms with van der Waals surface area (Å²) in [5.74, 6) is -0.729. The monoisotopic (exact) mass is 259 g/mol. The molecule has 1 aromatic carbocycles. The molecule has 19 heavy (non-hydrogen) atoms. The van der Waals surface area contributed by atoms with Crippen molar-refractivity contribution in [3.63, 3.8) is 0 Å². The minimum absolute atomic E-state index is 0.0829. The van der Waals surface area contributed by atoms with Gasteiger partial charge in [-0.25, -0.2) is 4.79 Å². The smallest absolute Gasteiger partial charge is 0.328 e. The molecule has 0 aliphatic heterocycles. The molecule has 0 heterocycles. The van der Waals surface area contributed by atoms with E-state index in [2.05, 4.69) is 5.32 Å². The van der Waals surface area contributed by atoms with E-state index in [-0.39, 0.29) is 11.8 Å².